The molecule has 2 heteroatoms. The minimum atomic E-state index is -0.828. The molecule has 0 saturated heterocycles. The van der Waals surface area contributed by atoms with Crippen molar-refractivity contribution < 1.29 is 10.2 Å². The molecule has 0 radical (unpaired) electrons. The summed E-state index contributed by atoms with van der Waals surface area (Å²) in [5.41, 5.74) is 0.249. The number of aliphatic hydroxyl groups is 2. The fourth-order valence-electron chi connectivity index (χ4n) is 4.39. The first-order chi connectivity index (χ1) is 10.6. The van der Waals surface area contributed by atoms with E-state index in [1.165, 1.54) is 25.7 Å². The summed E-state index contributed by atoms with van der Waals surface area (Å²) < 4.78 is 0. The van der Waals surface area contributed by atoms with Gasteiger partial charge in [0.25, 0.3) is 0 Å². The Kier molecular flexibility index (Phi) is 4.70. The molecule has 0 aromatic carbocycles. The second-order valence-electron chi connectivity index (χ2n) is 7.38. The van der Waals surface area contributed by atoms with E-state index in [4.69, 9.17) is 0 Å². The first-order valence-electron chi connectivity index (χ1n) is 8.69. The molecule has 2 nitrogen and oxygen atoms in total. The molecule has 3 unspecified atom stereocenters. The van der Waals surface area contributed by atoms with Crippen molar-refractivity contribution in [2.24, 2.45) is 17.8 Å². The smallest absolute Gasteiger partial charge is 0.0816 e. The molecule has 2 N–H and O–H groups in total. The maximum atomic E-state index is 11.5. The fraction of sp³-hybridized carbons (Fsp3) is 0.600. The lowest BCUT2D eigenvalue weighted by molar-refractivity contribution is -0.0654. The molecule has 1 fully saturated rings. The molecule has 3 rings (SSSR count). The van der Waals surface area contributed by atoms with Gasteiger partial charge in [0.15, 0.2) is 0 Å². The summed E-state index contributed by atoms with van der Waals surface area (Å²) >= 11 is 0. The van der Waals surface area contributed by atoms with E-state index in [9.17, 15) is 10.2 Å². The van der Waals surface area contributed by atoms with Crippen LogP contribution in [0.25, 0.3) is 0 Å². The SMILES string of the molecule is CC1=CC(O)C(C(O)(CC2C=CC=C2)CC2CCCC2)C=C1. The molecular formula is C20H28O2. The minimum Gasteiger partial charge on any atom is -0.389 e. The van der Waals surface area contributed by atoms with Gasteiger partial charge in [0.1, 0.15) is 0 Å². The van der Waals surface area contributed by atoms with Gasteiger partial charge in [-0.3, -0.25) is 0 Å². The van der Waals surface area contributed by atoms with Gasteiger partial charge in [-0.1, -0.05) is 73.8 Å². The molecule has 3 aliphatic rings. The Bertz CT molecular complexity index is 496. The highest BCUT2D eigenvalue weighted by molar-refractivity contribution is 5.27. The summed E-state index contributed by atoms with van der Waals surface area (Å²) in [5, 5.41) is 22.0. The molecule has 22 heavy (non-hydrogen) atoms. The molecule has 1 saturated carbocycles. The molecule has 3 atom stereocenters. The van der Waals surface area contributed by atoms with Gasteiger partial charge >= 0.3 is 0 Å². The third-order valence-corrected chi connectivity index (χ3v) is 5.52. The largest absolute Gasteiger partial charge is 0.389 e. The first-order valence-corrected chi connectivity index (χ1v) is 8.69. The summed E-state index contributed by atoms with van der Waals surface area (Å²) in [6.07, 6.45) is 20.3. The van der Waals surface area contributed by atoms with Crippen LogP contribution in [0, 0.1) is 17.8 Å². The Balaban J connectivity index is 1.79. The van der Waals surface area contributed by atoms with Gasteiger partial charge in [-0.05, 0) is 31.6 Å². The molecule has 0 aliphatic heterocycles. The first kappa shape index (κ1) is 15.8. The van der Waals surface area contributed by atoms with E-state index in [1.807, 2.05) is 25.2 Å². The predicted octanol–water partition coefficient (Wildman–Crippen LogP) is 3.92. The van der Waals surface area contributed by atoms with E-state index in [0.29, 0.717) is 18.3 Å². The van der Waals surface area contributed by atoms with Crippen molar-refractivity contribution in [1.82, 2.24) is 0 Å². The normalized spacial score (nSPS) is 31.7. The Labute approximate surface area is 133 Å². The summed E-state index contributed by atoms with van der Waals surface area (Å²) in [7, 11) is 0. The van der Waals surface area contributed by atoms with Crippen molar-refractivity contribution in [3.8, 4) is 0 Å². The Morgan fingerprint density at radius 1 is 1.09 bits per heavy atom. The summed E-state index contributed by atoms with van der Waals surface area (Å²) in [4.78, 5) is 0. The lowest BCUT2D eigenvalue weighted by Crippen LogP contribution is -2.46. The maximum Gasteiger partial charge on any atom is 0.0816 e. The van der Waals surface area contributed by atoms with E-state index in [-0.39, 0.29) is 5.92 Å². The van der Waals surface area contributed by atoms with Crippen LogP contribution in [0.15, 0.2) is 48.1 Å². The zero-order chi connectivity index (χ0) is 15.6. The number of hydrogen-bond acceptors (Lipinski definition) is 2. The van der Waals surface area contributed by atoms with Crippen LogP contribution in [0.2, 0.25) is 0 Å². The summed E-state index contributed by atoms with van der Waals surface area (Å²) in [6, 6.07) is 0. The zero-order valence-electron chi connectivity index (χ0n) is 13.5. The third kappa shape index (κ3) is 3.44. The van der Waals surface area contributed by atoms with Gasteiger partial charge in [0.2, 0.25) is 0 Å². The van der Waals surface area contributed by atoms with Crippen LogP contribution in [0.4, 0.5) is 0 Å². The van der Waals surface area contributed by atoms with Crippen LogP contribution in [0.1, 0.15) is 45.4 Å². The highest BCUT2D eigenvalue weighted by Crippen LogP contribution is 2.42. The van der Waals surface area contributed by atoms with Gasteiger partial charge in [0, 0.05) is 5.92 Å². The average Bonchev–Trinajstić information content (AvgIpc) is 3.12. The Hall–Kier alpha value is -1.12. The molecule has 0 heterocycles. The fourth-order valence-corrected chi connectivity index (χ4v) is 4.39. The molecule has 0 amide bonds. The van der Waals surface area contributed by atoms with Crippen molar-refractivity contribution in [2.75, 3.05) is 0 Å². The Morgan fingerprint density at radius 3 is 2.41 bits per heavy atom. The van der Waals surface area contributed by atoms with Crippen LogP contribution in [0.5, 0.6) is 0 Å². The van der Waals surface area contributed by atoms with Gasteiger partial charge in [-0.25, -0.2) is 0 Å². The van der Waals surface area contributed by atoms with Crippen molar-refractivity contribution in [3.63, 3.8) is 0 Å². The predicted molar refractivity (Wildman–Crippen MR) is 90.3 cm³/mol. The van der Waals surface area contributed by atoms with E-state index >= 15 is 0 Å². The van der Waals surface area contributed by atoms with E-state index in [1.54, 1.807) is 0 Å². The van der Waals surface area contributed by atoms with Gasteiger partial charge in [-0.2, -0.15) is 0 Å². The van der Waals surface area contributed by atoms with E-state index < -0.39 is 11.7 Å². The minimum absolute atomic E-state index is 0.195. The molecule has 0 bridgehead atoms. The quantitative estimate of drug-likeness (QED) is 0.808. The van der Waals surface area contributed by atoms with Crippen LogP contribution in [-0.4, -0.2) is 21.9 Å². The number of rotatable bonds is 5. The molecule has 0 spiro atoms. The topological polar surface area (TPSA) is 40.5 Å². The van der Waals surface area contributed by atoms with E-state index in [2.05, 4.69) is 24.3 Å². The summed E-state index contributed by atoms with van der Waals surface area (Å²) in [6.45, 7) is 1.99. The van der Waals surface area contributed by atoms with Gasteiger partial charge in [0.05, 0.1) is 11.7 Å². The molecular weight excluding hydrogens is 272 g/mol. The van der Waals surface area contributed by atoms with Crippen molar-refractivity contribution in [3.05, 3.63) is 48.1 Å². The number of hydrogen-bond donors (Lipinski definition) is 2. The number of allylic oxidation sites excluding steroid dienone is 6. The third-order valence-electron chi connectivity index (χ3n) is 5.52. The summed E-state index contributed by atoms with van der Waals surface area (Å²) in [5.74, 6) is 0.699. The number of aliphatic hydroxyl groups excluding tert-OH is 1. The highest BCUT2D eigenvalue weighted by atomic mass is 16.3. The lowest BCUT2D eigenvalue weighted by atomic mass is 9.71. The molecule has 0 aromatic heterocycles. The molecule has 3 aliphatic carbocycles. The monoisotopic (exact) mass is 300 g/mol. The van der Waals surface area contributed by atoms with E-state index in [0.717, 1.165) is 12.0 Å². The Morgan fingerprint density at radius 2 is 1.77 bits per heavy atom. The van der Waals surface area contributed by atoms with Crippen LogP contribution < -0.4 is 0 Å². The highest BCUT2D eigenvalue weighted by Gasteiger charge is 2.42. The zero-order valence-corrected chi connectivity index (χ0v) is 13.5. The molecule has 0 aromatic rings. The van der Waals surface area contributed by atoms with Crippen LogP contribution in [0.3, 0.4) is 0 Å². The van der Waals surface area contributed by atoms with Gasteiger partial charge in [-0.15, -0.1) is 0 Å². The van der Waals surface area contributed by atoms with Crippen LogP contribution >= 0.6 is 0 Å². The maximum absolute atomic E-state index is 11.5. The van der Waals surface area contributed by atoms with Crippen LogP contribution in [-0.2, 0) is 0 Å². The lowest BCUT2D eigenvalue weighted by Gasteiger charge is -2.41. The second kappa shape index (κ2) is 6.55. The standard InChI is InChI=1S/C20H28O2/c1-15-10-11-18(19(21)12-15)20(22,13-16-6-2-3-7-16)14-17-8-4-5-9-17/h2-3,6-7,10-12,16-19,21-22H,4-5,8-9,13-14H2,1H3. The van der Waals surface area contributed by atoms with Crippen molar-refractivity contribution >= 4 is 0 Å². The molecule has 120 valence electrons. The van der Waals surface area contributed by atoms with Crippen molar-refractivity contribution in [2.45, 2.75) is 57.2 Å². The van der Waals surface area contributed by atoms with Crippen molar-refractivity contribution in [1.29, 1.82) is 0 Å². The average molecular weight is 300 g/mol. The second-order valence-corrected chi connectivity index (χ2v) is 7.38. The van der Waals surface area contributed by atoms with Gasteiger partial charge < -0.3 is 10.2 Å².